The predicted molar refractivity (Wildman–Crippen MR) is 71.7 cm³/mol. The number of halogens is 6. The van der Waals surface area contributed by atoms with Crippen LogP contribution in [0.5, 0.6) is 0 Å². The first-order valence-corrected chi connectivity index (χ1v) is 8.21. The van der Waals surface area contributed by atoms with Crippen molar-refractivity contribution in [2.24, 2.45) is 0 Å². The molecule has 0 heterocycles. The molecule has 1 aromatic rings. The van der Waals surface area contributed by atoms with Crippen LogP contribution in [0.25, 0.3) is 0 Å². The van der Waals surface area contributed by atoms with Gasteiger partial charge in [-0.2, -0.15) is 13.2 Å². The van der Waals surface area contributed by atoms with Crippen LogP contribution in [-0.2, 0) is 9.84 Å². The predicted octanol–water partition coefficient (Wildman–Crippen LogP) is 3.45. The Balaban J connectivity index is 3.38. The summed E-state index contributed by atoms with van der Waals surface area (Å²) in [5, 5.41) is 0.195. The minimum atomic E-state index is -5.61. The van der Waals surface area contributed by atoms with E-state index < -0.39 is 38.9 Å². The number of rotatable bonds is 6. The first-order valence-electron chi connectivity index (χ1n) is 5.60. The summed E-state index contributed by atoms with van der Waals surface area (Å²) >= 11 is 2.99. The van der Waals surface area contributed by atoms with Crippen molar-refractivity contribution in [3.63, 3.8) is 0 Å². The van der Waals surface area contributed by atoms with Gasteiger partial charge in [-0.1, -0.05) is 28.1 Å². The molecular weight excluding hydrogens is 385 g/mol. The van der Waals surface area contributed by atoms with Crippen molar-refractivity contribution in [3.05, 3.63) is 24.3 Å². The third kappa shape index (κ3) is 4.29. The van der Waals surface area contributed by atoms with E-state index in [0.29, 0.717) is 0 Å². The van der Waals surface area contributed by atoms with Crippen LogP contribution in [0.4, 0.5) is 27.6 Å². The zero-order valence-corrected chi connectivity index (χ0v) is 12.9. The molecule has 3 nitrogen and oxygen atoms in total. The van der Waals surface area contributed by atoms with E-state index in [1.165, 1.54) is 6.07 Å². The second-order valence-corrected chi connectivity index (χ2v) is 6.65. The van der Waals surface area contributed by atoms with E-state index in [1.54, 1.807) is 0 Å². The molecule has 1 rings (SSSR count). The highest BCUT2D eigenvalue weighted by atomic mass is 79.9. The summed E-state index contributed by atoms with van der Waals surface area (Å²) in [7, 11) is -5.61. The summed E-state index contributed by atoms with van der Waals surface area (Å²) in [6.07, 6.45) is -2.81. The molecule has 0 fully saturated rings. The van der Waals surface area contributed by atoms with Gasteiger partial charge in [0.2, 0.25) is 0 Å². The molecule has 10 heteroatoms. The van der Waals surface area contributed by atoms with Gasteiger partial charge in [0.05, 0.1) is 17.1 Å². The molecule has 0 saturated carbocycles. The summed E-state index contributed by atoms with van der Waals surface area (Å²) in [5.74, 6) is 0. The fraction of sp³-hybridized carbons (Fsp3) is 0.455. The number of hydrogen-bond acceptors (Lipinski definition) is 3. The molecule has 0 aromatic heterocycles. The van der Waals surface area contributed by atoms with Crippen molar-refractivity contribution in [2.45, 2.75) is 16.8 Å². The van der Waals surface area contributed by atoms with Crippen molar-refractivity contribution in [2.75, 3.05) is 23.3 Å². The van der Waals surface area contributed by atoms with Crippen molar-refractivity contribution < 1.29 is 30.4 Å². The lowest BCUT2D eigenvalue weighted by molar-refractivity contribution is -0.0435. The maximum Gasteiger partial charge on any atom is 0.501 e. The van der Waals surface area contributed by atoms with E-state index in [-0.39, 0.29) is 11.9 Å². The third-order valence-corrected chi connectivity index (χ3v) is 4.40. The maximum absolute atomic E-state index is 12.6. The number of hydrogen-bond donors (Lipinski definition) is 0. The number of anilines is 1. The minimum absolute atomic E-state index is 0.0608. The average molecular weight is 396 g/mol. The first kappa shape index (κ1) is 18.1. The molecule has 0 atom stereocenters. The van der Waals surface area contributed by atoms with Gasteiger partial charge in [0.15, 0.2) is 0 Å². The van der Waals surface area contributed by atoms with Crippen LogP contribution < -0.4 is 4.90 Å². The molecule has 1 aromatic carbocycles. The number of alkyl halides is 6. The summed E-state index contributed by atoms with van der Waals surface area (Å²) < 4.78 is 86.0. The molecule has 0 aliphatic rings. The van der Waals surface area contributed by atoms with Crippen LogP contribution in [-0.4, -0.2) is 38.8 Å². The van der Waals surface area contributed by atoms with Crippen LogP contribution >= 0.6 is 15.9 Å². The van der Waals surface area contributed by atoms with E-state index in [2.05, 4.69) is 15.9 Å². The smallest absolute Gasteiger partial charge is 0.364 e. The van der Waals surface area contributed by atoms with Crippen LogP contribution in [0.1, 0.15) is 0 Å². The molecule has 0 saturated heterocycles. The summed E-state index contributed by atoms with van der Waals surface area (Å²) in [6.45, 7) is -0.926. The van der Waals surface area contributed by atoms with Gasteiger partial charge in [0.25, 0.3) is 16.3 Å². The summed E-state index contributed by atoms with van der Waals surface area (Å²) in [4.78, 5) is -0.128. The van der Waals surface area contributed by atoms with Crippen LogP contribution in [0.3, 0.4) is 0 Å². The second kappa shape index (κ2) is 6.91. The Kier molecular flexibility index (Phi) is 5.97. The molecule has 0 N–H and O–H groups in total. The highest BCUT2D eigenvalue weighted by Crippen LogP contribution is 2.35. The summed E-state index contributed by atoms with van der Waals surface area (Å²) in [5.41, 5.74) is -5.89. The molecule has 0 unspecified atom stereocenters. The molecule has 0 amide bonds. The lowest BCUT2D eigenvalue weighted by Gasteiger charge is -2.26. The van der Waals surface area contributed by atoms with Crippen molar-refractivity contribution >= 4 is 31.5 Å². The van der Waals surface area contributed by atoms with Gasteiger partial charge in [-0.25, -0.2) is 17.2 Å². The Labute approximate surface area is 126 Å². The molecular formula is C11H11BrF5NO2S. The van der Waals surface area contributed by atoms with Gasteiger partial charge in [-0.15, -0.1) is 0 Å². The van der Waals surface area contributed by atoms with E-state index in [9.17, 15) is 30.4 Å². The second-order valence-electron chi connectivity index (χ2n) is 3.94. The summed E-state index contributed by atoms with van der Waals surface area (Å²) in [6, 6.07) is 4.22. The van der Waals surface area contributed by atoms with E-state index in [4.69, 9.17) is 0 Å². The topological polar surface area (TPSA) is 37.4 Å². The number of sulfone groups is 1. The minimum Gasteiger partial charge on any atom is -0.364 e. The lowest BCUT2D eigenvalue weighted by atomic mass is 10.3. The fourth-order valence-corrected chi connectivity index (χ4v) is 3.06. The Morgan fingerprint density at radius 2 is 1.76 bits per heavy atom. The third-order valence-electron chi connectivity index (χ3n) is 2.51. The highest BCUT2D eigenvalue weighted by Gasteiger charge is 2.48. The zero-order valence-electron chi connectivity index (χ0n) is 10.4. The fourth-order valence-electron chi connectivity index (χ4n) is 1.65. The lowest BCUT2D eigenvalue weighted by Crippen LogP contribution is -2.33. The van der Waals surface area contributed by atoms with Gasteiger partial charge >= 0.3 is 5.51 Å². The van der Waals surface area contributed by atoms with Crippen molar-refractivity contribution in [1.29, 1.82) is 0 Å². The van der Waals surface area contributed by atoms with Crippen molar-refractivity contribution in [1.82, 2.24) is 0 Å². The monoisotopic (exact) mass is 395 g/mol. The standard InChI is InChI=1S/C11H11BrF5NO2S/c12-5-6-18(7-10(13)14)8-3-1-2-4-9(8)21(19,20)11(15,16)17/h1-4,10H,5-7H2. The number of benzene rings is 1. The zero-order chi connectivity index (χ0) is 16.3. The first-order chi connectivity index (χ1) is 9.61. The Bertz CT molecular complexity index is 576. The Hall–Kier alpha value is -0.900. The largest absolute Gasteiger partial charge is 0.501 e. The van der Waals surface area contributed by atoms with Gasteiger partial charge in [-0.05, 0) is 12.1 Å². The van der Waals surface area contributed by atoms with E-state index >= 15 is 0 Å². The molecule has 0 spiro atoms. The van der Waals surface area contributed by atoms with Crippen LogP contribution in [0.2, 0.25) is 0 Å². The average Bonchev–Trinajstić information content (AvgIpc) is 2.36. The van der Waals surface area contributed by atoms with Crippen LogP contribution in [0, 0.1) is 0 Å². The Morgan fingerprint density at radius 1 is 1.19 bits per heavy atom. The van der Waals surface area contributed by atoms with Gasteiger partial charge in [0.1, 0.15) is 0 Å². The SMILES string of the molecule is O=S(=O)(c1ccccc1N(CCBr)CC(F)F)C(F)(F)F. The normalized spacial score (nSPS) is 12.7. The van der Waals surface area contributed by atoms with Crippen LogP contribution in [0.15, 0.2) is 29.2 Å². The maximum atomic E-state index is 12.6. The number of nitrogens with zero attached hydrogens (tertiary/aromatic N) is 1. The van der Waals surface area contributed by atoms with Gasteiger partial charge in [-0.3, -0.25) is 0 Å². The number of para-hydroxylation sites is 1. The van der Waals surface area contributed by atoms with Crippen molar-refractivity contribution in [3.8, 4) is 0 Å². The van der Waals surface area contributed by atoms with E-state index in [0.717, 1.165) is 23.1 Å². The highest BCUT2D eigenvalue weighted by molar-refractivity contribution is 9.09. The molecule has 0 radical (unpaired) electrons. The molecule has 21 heavy (non-hydrogen) atoms. The Morgan fingerprint density at radius 3 is 2.24 bits per heavy atom. The van der Waals surface area contributed by atoms with E-state index in [1.807, 2.05) is 0 Å². The molecule has 120 valence electrons. The van der Waals surface area contributed by atoms with Gasteiger partial charge in [0, 0.05) is 11.9 Å². The quantitative estimate of drug-likeness (QED) is 0.546. The molecule has 0 aliphatic heterocycles. The molecule has 0 bridgehead atoms. The van der Waals surface area contributed by atoms with Gasteiger partial charge < -0.3 is 4.90 Å². The molecule has 0 aliphatic carbocycles.